The number of hydrogen-bond donors (Lipinski definition) is 1. The van der Waals surface area contributed by atoms with Gasteiger partial charge in [-0.3, -0.25) is 0 Å². The third-order valence-corrected chi connectivity index (χ3v) is 3.90. The van der Waals surface area contributed by atoms with Crippen LogP contribution in [0.15, 0.2) is 6.07 Å². The summed E-state index contributed by atoms with van der Waals surface area (Å²) in [5.74, 6) is -0.0362. The largest absolute Gasteiger partial charge is 0.390 e. The van der Waals surface area contributed by atoms with Gasteiger partial charge < -0.3 is 15.4 Å². The molecule has 1 aromatic heterocycles. The van der Waals surface area contributed by atoms with Crippen molar-refractivity contribution in [2.24, 2.45) is 0 Å². The molecule has 1 aliphatic heterocycles. The predicted molar refractivity (Wildman–Crippen MR) is 61.9 cm³/mol. The fourth-order valence-corrected chi connectivity index (χ4v) is 2.80. The van der Waals surface area contributed by atoms with E-state index in [1.807, 2.05) is 11.6 Å². The van der Waals surface area contributed by atoms with Crippen LogP contribution < -0.4 is 5.32 Å². The molecule has 92 valence electrons. The second-order valence-corrected chi connectivity index (χ2v) is 5.20. The minimum Gasteiger partial charge on any atom is -0.358 e. The highest BCUT2D eigenvalue weighted by atomic mass is 16.6. The van der Waals surface area contributed by atoms with Gasteiger partial charge in [0.25, 0.3) is 0 Å². The zero-order valence-electron chi connectivity index (χ0n) is 9.85. The first kappa shape index (κ1) is 10.7. The van der Waals surface area contributed by atoms with E-state index in [1.165, 1.54) is 12.8 Å². The Balaban J connectivity index is 1.85. The average molecular weight is 236 g/mol. The van der Waals surface area contributed by atoms with Crippen molar-refractivity contribution in [3.05, 3.63) is 21.9 Å². The summed E-state index contributed by atoms with van der Waals surface area (Å²) in [4.78, 5) is 10.3. The Bertz CT molecular complexity index is 464. The zero-order chi connectivity index (χ0) is 12.0. The van der Waals surface area contributed by atoms with Crippen LogP contribution in [0.1, 0.15) is 37.4 Å². The van der Waals surface area contributed by atoms with Gasteiger partial charge in [-0.25, -0.2) is 0 Å². The van der Waals surface area contributed by atoms with Crippen LogP contribution in [0.25, 0.3) is 0 Å². The molecule has 1 spiro atoms. The quantitative estimate of drug-likeness (QED) is 0.624. The van der Waals surface area contributed by atoms with Crippen molar-refractivity contribution >= 4 is 5.82 Å². The molecule has 2 aliphatic rings. The normalized spacial score (nSPS) is 26.1. The summed E-state index contributed by atoms with van der Waals surface area (Å²) < 4.78 is 1.85. The fraction of sp³-hybridized carbons (Fsp3) is 0.727. The lowest BCUT2D eigenvalue weighted by molar-refractivity contribution is -0.389. The van der Waals surface area contributed by atoms with Crippen molar-refractivity contribution in [3.8, 4) is 0 Å². The summed E-state index contributed by atoms with van der Waals surface area (Å²) in [6.07, 6.45) is 4.51. The van der Waals surface area contributed by atoms with E-state index in [-0.39, 0.29) is 5.82 Å². The molecule has 2 fully saturated rings. The maximum atomic E-state index is 10.7. The van der Waals surface area contributed by atoms with Crippen LogP contribution in [0.3, 0.4) is 0 Å². The smallest absolute Gasteiger partial charge is 0.358 e. The van der Waals surface area contributed by atoms with Crippen LogP contribution in [0.2, 0.25) is 0 Å². The van der Waals surface area contributed by atoms with Gasteiger partial charge in [-0.2, -0.15) is 4.68 Å². The van der Waals surface area contributed by atoms with E-state index in [4.69, 9.17) is 0 Å². The highest BCUT2D eigenvalue weighted by molar-refractivity contribution is 5.22. The van der Waals surface area contributed by atoms with Crippen molar-refractivity contribution in [3.63, 3.8) is 0 Å². The molecule has 1 N–H and O–H groups in total. The van der Waals surface area contributed by atoms with E-state index in [0.717, 1.165) is 25.1 Å². The van der Waals surface area contributed by atoms with Crippen LogP contribution in [-0.4, -0.2) is 26.8 Å². The molecule has 0 radical (unpaired) electrons. The number of piperidine rings is 1. The molecule has 17 heavy (non-hydrogen) atoms. The van der Waals surface area contributed by atoms with E-state index in [0.29, 0.717) is 11.6 Å². The number of nitrogens with one attached hydrogen (secondary N) is 1. The summed E-state index contributed by atoms with van der Waals surface area (Å²) >= 11 is 0. The second-order valence-electron chi connectivity index (χ2n) is 5.20. The standard InChI is InChI=1S/C11H16N4O2/c1-8-6-10(15(16)17)13-14(8)9-2-5-12-11(7-9)3-4-11/h6,9,12H,2-5,7H2,1H3. The van der Waals surface area contributed by atoms with E-state index in [2.05, 4.69) is 10.4 Å². The van der Waals surface area contributed by atoms with Gasteiger partial charge in [-0.05, 0) is 44.1 Å². The first-order valence-electron chi connectivity index (χ1n) is 6.05. The molecule has 1 aliphatic carbocycles. The minimum absolute atomic E-state index is 0.0362. The molecule has 6 heteroatoms. The highest BCUT2D eigenvalue weighted by Gasteiger charge is 2.47. The van der Waals surface area contributed by atoms with Crippen molar-refractivity contribution in [1.82, 2.24) is 15.1 Å². The molecule has 1 saturated heterocycles. The molecule has 1 aromatic rings. The number of aryl methyl sites for hydroxylation is 1. The molecule has 6 nitrogen and oxygen atoms in total. The highest BCUT2D eigenvalue weighted by Crippen LogP contribution is 2.45. The van der Waals surface area contributed by atoms with Gasteiger partial charge >= 0.3 is 5.82 Å². The molecule has 0 aromatic carbocycles. The van der Waals surface area contributed by atoms with E-state index < -0.39 is 4.92 Å². The Morgan fingerprint density at radius 3 is 3.00 bits per heavy atom. The zero-order valence-corrected chi connectivity index (χ0v) is 9.85. The van der Waals surface area contributed by atoms with Crippen molar-refractivity contribution in [2.45, 2.75) is 44.2 Å². The van der Waals surface area contributed by atoms with Crippen molar-refractivity contribution in [1.29, 1.82) is 0 Å². The first-order chi connectivity index (χ1) is 8.10. The molecule has 1 unspecified atom stereocenters. The minimum atomic E-state index is -0.419. The van der Waals surface area contributed by atoms with Gasteiger partial charge in [-0.1, -0.05) is 0 Å². The van der Waals surface area contributed by atoms with Crippen molar-refractivity contribution in [2.75, 3.05) is 6.54 Å². The monoisotopic (exact) mass is 236 g/mol. The Hall–Kier alpha value is -1.43. The maximum absolute atomic E-state index is 10.7. The molecular formula is C11H16N4O2. The van der Waals surface area contributed by atoms with Gasteiger partial charge in [0.15, 0.2) is 0 Å². The summed E-state index contributed by atoms with van der Waals surface area (Å²) in [7, 11) is 0. The van der Waals surface area contributed by atoms with Gasteiger partial charge in [0.1, 0.15) is 0 Å². The average Bonchev–Trinajstić information content (AvgIpc) is 2.90. The van der Waals surface area contributed by atoms with Crippen LogP contribution in [0.4, 0.5) is 5.82 Å². The van der Waals surface area contributed by atoms with Gasteiger partial charge in [0, 0.05) is 5.54 Å². The number of nitro groups is 1. The van der Waals surface area contributed by atoms with Crippen LogP contribution >= 0.6 is 0 Å². The molecule has 0 amide bonds. The maximum Gasteiger partial charge on any atom is 0.390 e. The lowest BCUT2D eigenvalue weighted by atomic mass is 9.97. The number of rotatable bonds is 2. The summed E-state index contributed by atoms with van der Waals surface area (Å²) in [5.41, 5.74) is 1.20. The summed E-state index contributed by atoms with van der Waals surface area (Å²) in [5, 5.41) is 18.4. The summed E-state index contributed by atoms with van der Waals surface area (Å²) in [6.45, 7) is 2.87. The third-order valence-electron chi connectivity index (χ3n) is 3.90. The van der Waals surface area contributed by atoms with E-state index >= 15 is 0 Å². The van der Waals surface area contributed by atoms with E-state index in [9.17, 15) is 10.1 Å². The first-order valence-corrected chi connectivity index (χ1v) is 6.05. The third kappa shape index (κ3) is 1.82. The fourth-order valence-electron chi connectivity index (χ4n) is 2.80. The Kier molecular flexibility index (Phi) is 2.22. The lowest BCUT2D eigenvalue weighted by Gasteiger charge is -2.29. The predicted octanol–water partition coefficient (Wildman–Crippen LogP) is 1.56. The number of aromatic nitrogens is 2. The lowest BCUT2D eigenvalue weighted by Crippen LogP contribution is -2.41. The Morgan fingerprint density at radius 2 is 2.41 bits per heavy atom. The Labute approximate surface area is 99.1 Å². The summed E-state index contributed by atoms with van der Waals surface area (Å²) in [6, 6.07) is 1.87. The second kappa shape index (κ2) is 3.53. The van der Waals surface area contributed by atoms with Gasteiger partial charge in [0.05, 0.1) is 22.9 Å². The van der Waals surface area contributed by atoms with E-state index in [1.54, 1.807) is 6.07 Å². The van der Waals surface area contributed by atoms with Gasteiger partial charge in [0.2, 0.25) is 0 Å². The van der Waals surface area contributed by atoms with Crippen LogP contribution in [0, 0.1) is 17.0 Å². The number of nitrogens with zero attached hydrogens (tertiary/aromatic N) is 3. The molecule has 0 bridgehead atoms. The number of hydrogen-bond acceptors (Lipinski definition) is 4. The molecular weight excluding hydrogens is 220 g/mol. The van der Waals surface area contributed by atoms with Gasteiger partial charge in [-0.15, -0.1) is 0 Å². The molecule has 1 saturated carbocycles. The van der Waals surface area contributed by atoms with Crippen LogP contribution in [0.5, 0.6) is 0 Å². The SMILES string of the molecule is Cc1cc([N+](=O)[O-])nn1C1CCNC2(CC2)C1. The molecule has 2 heterocycles. The molecule has 1 atom stereocenters. The Morgan fingerprint density at radius 1 is 1.65 bits per heavy atom. The van der Waals surface area contributed by atoms with Crippen LogP contribution in [-0.2, 0) is 0 Å². The molecule has 3 rings (SSSR count). The topological polar surface area (TPSA) is 73.0 Å². The van der Waals surface area contributed by atoms with Crippen molar-refractivity contribution < 1.29 is 4.92 Å².